The number of aromatic nitrogens is 6. The first-order chi connectivity index (χ1) is 31.6. The highest BCUT2D eigenvalue weighted by Crippen LogP contribution is 2.68. The molecular formula is C44H37ClF6N8O6S2. The van der Waals surface area contributed by atoms with E-state index in [0.717, 1.165) is 23.0 Å². The van der Waals surface area contributed by atoms with Gasteiger partial charge in [0.1, 0.15) is 35.4 Å². The highest BCUT2D eigenvalue weighted by atomic mass is 35.5. The fourth-order valence-electron chi connectivity index (χ4n) is 9.02. The molecule has 0 aliphatic heterocycles. The molecular weight excluding hydrogens is 950 g/mol. The summed E-state index contributed by atoms with van der Waals surface area (Å²) in [5.74, 6) is -9.43. The van der Waals surface area contributed by atoms with Crippen LogP contribution in [0.25, 0.3) is 38.6 Å². The first-order valence-electron chi connectivity index (χ1n) is 20.6. The molecule has 67 heavy (non-hydrogen) atoms. The number of sulfonamides is 1. The van der Waals surface area contributed by atoms with Crippen molar-refractivity contribution >= 4 is 65.0 Å². The molecule has 0 bridgehead atoms. The van der Waals surface area contributed by atoms with Crippen molar-refractivity contribution < 1.29 is 48.0 Å². The Kier molecular flexibility index (Phi) is 11.3. The average molecular weight is 987 g/mol. The summed E-state index contributed by atoms with van der Waals surface area (Å²) in [6, 6.07) is 14.2. The first kappa shape index (κ1) is 45.9. The maximum Gasteiger partial charge on any atom is 0.293 e. The summed E-state index contributed by atoms with van der Waals surface area (Å²) in [6.45, 7) is 0.702. The third-order valence-corrected chi connectivity index (χ3v) is 14.6. The van der Waals surface area contributed by atoms with Gasteiger partial charge in [0, 0.05) is 31.0 Å². The smallest absolute Gasteiger partial charge is 0.293 e. The normalized spacial score (nSPS) is 16.9. The lowest BCUT2D eigenvalue weighted by Gasteiger charge is -2.24. The zero-order valence-electron chi connectivity index (χ0n) is 35.4. The third kappa shape index (κ3) is 8.32. The van der Waals surface area contributed by atoms with E-state index in [2.05, 4.69) is 20.2 Å². The lowest BCUT2D eigenvalue weighted by atomic mass is 10.0. The molecule has 1 saturated carbocycles. The number of alkyl halides is 4. The lowest BCUT2D eigenvalue weighted by molar-refractivity contribution is -0.123. The Balaban J connectivity index is 1.26. The number of nitrogens with one attached hydrogen (secondary N) is 2. The second-order valence-corrected chi connectivity index (χ2v) is 20.9. The Morgan fingerprint density at radius 3 is 2.37 bits per heavy atom. The molecule has 9 rings (SSSR count). The molecule has 2 N–H and O–H groups in total. The third-order valence-electron chi connectivity index (χ3n) is 11.8. The van der Waals surface area contributed by atoms with E-state index in [4.69, 9.17) is 16.6 Å². The SMILES string of the molecule is CCCS(=O)(=O)c1cccc(-c2ccc3c(=O)n(-c4ccc(Cl)c5c(NS(C)(=O)=O)nn(C)c45)c([C@H](Cc4cc(F)cc(F)c4)NC(=O)Cn4nc(C(F)F)c5c4C(F)(F)[C@@H]4C[C@H]54)nc3c2)c1. The molecule has 0 spiro atoms. The van der Waals surface area contributed by atoms with Crippen LogP contribution in [-0.4, -0.2) is 63.9 Å². The van der Waals surface area contributed by atoms with Gasteiger partial charge in [-0.05, 0) is 84.0 Å². The molecule has 3 atom stereocenters. The van der Waals surface area contributed by atoms with Crippen molar-refractivity contribution in [1.29, 1.82) is 0 Å². The van der Waals surface area contributed by atoms with E-state index >= 15 is 13.6 Å². The molecule has 0 unspecified atom stereocenters. The predicted octanol–water partition coefficient (Wildman–Crippen LogP) is 7.87. The molecule has 7 aromatic rings. The Hall–Kier alpha value is -6.26. The minimum absolute atomic E-state index is 0.00128. The molecule has 350 valence electrons. The number of hydrogen-bond donors (Lipinski definition) is 2. The van der Waals surface area contributed by atoms with Crippen molar-refractivity contribution in [3.63, 3.8) is 0 Å². The number of carbonyl (C=O) groups is 1. The average Bonchev–Trinajstić information content (AvgIpc) is 3.78. The molecule has 0 radical (unpaired) electrons. The Labute approximate surface area is 382 Å². The summed E-state index contributed by atoms with van der Waals surface area (Å²) in [6.07, 6.45) is -2.53. The van der Waals surface area contributed by atoms with Gasteiger partial charge in [-0.25, -0.2) is 39.4 Å². The molecule has 3 aromatic heterocycles. The van der Waals surface area contributed by atoms with Crippen molar-refractivity contribution in [2.75, 3.05) is 16.7 Å². The molecule has 14 nitrogen and oxygen atoms in total. The lowest BCUT2D eigenvalue weighted by Crippen LogP contribution is -2.38. The molecule has 23 heteroatoms. The van der Waals surface area contributed by atoms with Crippen LogP contribution in [0.15, 0.2) is 82.5 Å². The quantitative estimate of drug-likeness (QED) is 0.103. The molecule has 2 aliphatic carbocycles. The number of halogens is 7. The zero-order valence-corrected chi connectivity index (χ0v) is 37.8. The van der Waals surface area contributed by atoms with Crippen molar-refractivity contribution in [2.24, 2.45) is 13.0 Å². The molecule has 1 fully saturated rings. The predicted molar refractivity (Wildman–Crippen MR) is 236 cm³/mol. The van der Waals surface area contributed by atoms with E-state index < -0.39 is 97.5 Å². The van der Waals surface area contributed by atoms with E-state index in [-0.39, 0.29) is 72.4 Å². The number of hydrogen-bond acceptors (Lipinski definition) is 9. The van der Waals surface area contributed by atoms with Gasteiger partial charge in [-0.15, -0.1) is 0 Å². The number of nitrogens with zero attached hydrogens (tertiary/aromatic N) is 6. The number of benzene rings is 4. The van der Waals surface area contributed by atoms with Crippen molar-refractivity contribution in [3.8, 4) is 16.8 Å². The van der Waals surface area contributed by atoms with E-state index in [1.165, 1.54) is 48.1 Å². The number of aryl methyl sites for hydroxylation is 1. The van der Waals surface area contributed by atoms with Crippen LogP contribution in [0.3, 0.4) is 0 Å². The highest BCUT2D eigenvalue weighted by molar-refractivity contribution is 7.92. The van der Waals surface area contributed by atoms with Crippen LogP contribution in [-0.2, 0) is 50.6 Å². The first-order valence-corrected chi connectivity index (χ1v) is 24.5. The monoisotopic (exact) mass is 986 g/mol. The number of amides is 1. The number of sulfone groups is 1. The highest BCUT2D eigenvalue weighted by Gasteiger charge is 2.67. The van der Waals surface area contributed by atoms with Crippen LogP contribution in [0.2, 0.25) is 5.02 Å². The van der Waals surface area contributed by atoms with Crippen LogP contribution in [0.1, 0.15) is 66.5 Å². The van der Waals surface area contributed by atoms with Crippen molar-refractivity contribution in [2.45, 2.75) is 61.9 Å². The number of fused-ring (bicyclic) bond motifs is 5. The van der Waals surface area contributed by atoms with Gasteiger partial charge in [0.15, 0.2) is 15.7 Å². The van der Waals surface area contributed by atoms with Crippen LogP contribution < -0.4 is 15.6 Å². The van der Waals surface area contributed by atoms with Crippen LogP contribution >= 0.6 is 11.6 Å². The van der Waals surface area contributed by atoms with Crippen LogP contribution in [0, 0.1) is 17.6 Å². The van der Waals surface area contributed by atoms with Crippen LogP contribution in [0.4, 0.5) is 32.2 Å². The maximum atomic E-state index is 15.6. The minimum atomic E-state index is -3.95. The van der Waals surface area contributed by atoms with Crippen molar-refractivity contribution in [3.05, 3.63) is 128 Å². The van der Waals surface area contributed by atoms with E-state index in [0.29, 0.717) is 28.3 Å². The Bertz CT molecular complexity index is 3490. The summed E-state index contributed by atoms with van der Waals surface area (Å²) >= 11 is 6.64. The van der Waals surface area contributed by atoms with Gasteiger partial charge < -0.3 is 5.32 Å². The van der Waals surface area contributed by atoms with Crippen molar-refractivity contribution in [1.82, 2.24) is 34.4 Å². The van der Waals surface area contributed by atoms with Gasteiger partial charge in [0.05, 0.1) is 55.5 Å². The largest absolute Gasteiger partial charge is 0.344 e. The maximum absolute atomic E-state index is 15.6. The summed E-state index contributed by atoms with van der Waals surface area (Å²) in [5.41, 5.74) is -2.02. The fourth-order valence-corrected chi connectivity index (χ4v) is 11.1. The van der Waals surface area contributed by atoms with Gasteiger partial charge in [0.2, 0.25) is 15.9 Å². The number of anilines is 1. The van der Waals surface area contributed by atoms with Crippen LogP contribution in [0.5, 0.6) is 0 Å². The number of rotatable bonds is 14. The molecule has 2 aliphatic rings. The van der Waals surface area contributed by atoms with Gasteiger partial charge in [0.25, 0.3) is 17.9 Å². The Morgan fingerprint density at radius 2 is 1.69 bits per heavy atom. The standard InChI is InChI=1S/C44H37ClF6N8O6S2/c1-4-12-67(64,65)26-7-5-6-22(16-26)23-8-9-27-31(17-23)53-42(59(43(27)61)33-11-10-30(45)36-38(33)57(2)55-41(36)56-66(3,62)63)32(15-21-13-24(46)18-25(47)14-21)52-34(60)20-58-39-35(37(54-58)40(48)49)28-19-29(28)44(39,50)51/h5-11,13-14,16-18,28-29,32,40H,4,12,15,19-20H2,1-3H3,(H,52,60)(H,55,56)/t28-,29+,32-/m0/s1. The second kappa shape index (κ2) is 16.5. The fraction of sp³-hybridized carbons (Fsp3) is 0.295. The van der Waals surface area contributed by atoms with Gasteiger partial charge in [-0.1, -0.05) is 36.7 Å². The molecule has 4 aromatic carbocycles. The van der Waals surface area contributed by atoms with E-state index in [9.17, 15) is 39.2 Å². The molecule has 3 heterocycles. The Morgan fingerprint density at radius 1 is 0.970 bits per heavy atom. The minimum Gasteiger partial charge on any atom is -0.344 e. The second-order valence-electron chi connectivity index (χ2n) is 16.6. The number of carbonyl (C=O) groups excluding carboxylic acids is 1. The topological polar surface area (TPSA) is 180 Å². The summed E-state index contributed by atoms with van der Waals surface area (Å²) in [7, 11) is -6.18. The van der Waals surface area contributed by atoms with Gasteiger partial charge in [-0.2, -0.15) is 19.0 Å². The summed E-state index contributed by atoms with van der Waals surface area (Å²) < 4.78 is 145. The van der Waals surface area contributed by atoms with Gasteiger partial charge >= 0.3 is 0 Å². The summed E-state index contributed by atoms with van der Waals surface area (Å²) in [4.78, 5) is 34.3. The molecule has 1 amide bonds. The summed E-state index contributed by atoms with van der Waals surface area (Å²) in [5, 5.41) is 10.7. The zero-order chi connectivity index (χ0) is 48.1. The van der Waals surface area contributed by atoms with Gasteiger partial charge in [-0.3, -0.25) is 28.2 Å². The van der Waals surface area contributed by atoms with E-state index in [1.54, 1.807) is 25.1 Å². The van der Waals surface area contributed by atoms with E-state index in [1.807, 2.05) is 0 Å². The molecule has 0 saturated heterocycles.